The Morgan fingerprint density at radius 1 is 1.22 bits per heavy atom. The first-order valence-electron chi connectivity index (χ1n) is 7.60. The second-order valence-electron chi connectivity index (χ2n) is 6.62. The Bertz CT molecular complexity index is 245. The molecule has 0 amide bonds. The summed E-state index contributed by atoms with van der Waals surface area (Å²) in [5.74, 6) is 1.75. The van der Waals surface area contributed by atoms with Crippen molar-refractivity contribution in [3.05, 3.63) is 0 Å². The fourth-order valence-electron chi connectivity index (χ4n) is 3.54. The summed E-state index contributed by atoms with van der Waals surface area (Å²) >= 11 is 0. The predicted octanol–water partition coefficient (Wildman–Crippen LogP) is 1.98. The maximum absolute atomic E-state index is 5.55. The summed E-state index contributed by atoms with van der Waals surface area (Å²) in [7, 11) is 2.08. The van der Waals surface area contributed by atoms with Gasteiger partial charge < -0.3 is 15.0 Å². The molecule has 3 heteroatoms. The molecular formula is C15H30N2O. The number of nitrogens with zero attached hydrogens (tertiary/aromatic N) is 1. The highest BCUT2D eigenvalue weighted by Gasteiger charge is 2.35. The zero-order valence-electron chi connectivity index (χ0n) is 12.4. The topological polar surface area (TPSA) is 24.5 Å². The van der Waals surface area contributed by atoms with Gasteiger partial charge in [-0.1, -0.05) is 13.8 Å². The smallest absolute Gasteiger partial charge is 0.0472 e. The number of hydrogen-bond donors (Lipinski definition) is 1. The highest BCUT2D eigenvalue weighted by atomic mass is 16.5. The molecule has 2 fully saturated rings. The van der Waals surface area contributed by atoms with Gasteiger partial charge in [-0.2, -0.15) is 0 Å². The maximum Gasteiger partial charge on any atom is 0.0472 e. The molecule has 2 heterocycles. The lowest BCUT2D eigenvalue weighted by molar-refractivity contribution is -0.0133. The van der Waals surface area contributed by atoms with E-state index in [1.165, 1.54) is 38.9 Å². The van der Waals surface area contributed by atoms with E-state index in [2.05, 4.69) is 31.1 Å². The number of piperidine rings is 1. The average Bonchev–Trinajstić information content (AvgIpc) is 2.35. The second-order valence-corrected chi connectivity index (χ2v) is 6.62. The van der Waals surface area contributed by atoms with E-state index in [9.17, 15) is 0 Å². The third kappa shape index (κ3) is 3.46. The van der Waals surface area contributed by atoms with Crippen molar-refractivity contribution >= 4 is 0 Å². The molecule has 0 aliphatic carbocycles. The predicted molar refractivity (Wildman–Crippen MR) is 75.8 cm³/mol. The van der Waals surface area contributed by atoms with Crippen LogP contribution in [0.4, 0.5) is 0 Å². The summed E-state index contributed by atoms with van der Waals surface area (Å²) in [6, 6.07) is 0. The van der Waals surface area contributed by atoms with E-state index in [4.69, 9.17) is 4.74 Å². The lowest BCUT2D eigenvalue weighted by Crippen LogP contribution is -2.50. The van der Waals surface area contributed by atoms with Gasteiger partial charge in [0.15, 0.2) is 0 Å². The average molecular weight is 254 g/mol. The van der Waals surface area contributed by atoms with E-state index in [-0.39, 0.29) is 0 Å². The molecule has 2 unspecified atom stereocenters. The maximum atomic E-state index is 5.55. The van der Waals surface area contributed by atoms with Gasteiger partial charge in [0.25, 0.3) is 0 Å². The molecule has 0 spiro atoms. The minimum atomic E-state index is 0.452. The molecule has 0 saturated carbocycles. The number of ether oxygens (including phenoxy) is 1. The zero-order chi connectivity index (χ0) is 13.0. The van der Waals surface area contributed by atoms with Gasteiger partial charge >= 0.3 is 0 Å². The molecule has 0 aromatic carbocycles. The molecule has 18 heavy (non-hydrogen) atoms. The van der Waals surface area contributed by atoms with E-state index in [1.54, 1.807) is 0 Å². The summed E-state index contributed by atoms with van der Waals surface area (Å²) < 4.78 is 5.55. The van der Waals surface area contributed by atoms with Crippen molar-refractivity contribution in [2.75, 3.05) is 46.4 Å². The number of rotatable bonds is 4. The number of likely N-dealkylation sites (tertiary alicyclic amines) is 1. The third-order valence-corrected chi connectivity index (χ3v) is 5.08. The van der Waals surface area contributed by atoms with E-state index in [1.807, 2.05) is 0 Å². The Kier molecular flexibility index (Phi) is 5.05. The van der Waals surface area contributed by atoms with Crippen molar-refractivity contribution in [1.82, 2.24) is 10.2 Å². The van der Waals surface area contributed by atoms with Crippen LogP contribution in [0.5, 0.6) is 0 Å². The summed E-state index contributed by atoms with van der Waals surface area (Å²) in [4.78, 5) is 2.70. The van der Waals surface area contributed by atoms with Crippen LogP contribution in [-0.4, -0.2) is 51.3 Å². The van der Waals surface area contributed by atoms with E-state index < -0.39 is 0 Å². The van der Waals surface area contributed by atoms with Crippen LogP contribution in [-0.2, 0) is 4.74 Å². The summed E-state index contributed by atoms with van der Waals surface area (Å²) in [5.41, 5.74) is 0.452. The molecule has 106 valence electrons. The summed E-state index contributed by atoms with van der Waals surface area (Å²) in [5, 5.41) is 3.41. The van der Waals surface area contributed by atoms with Crippen molar-refractivity contribution in [3.8, 4) is 0 Å². The molecule has 0 aromatic heterocycles. The van der Waals surface area contributed by atoms with Gasteiger partial charge in [0.2, 0.25) is 0 Å². The van der Waals surface area contributed by atoms with Crippen molar-refractivity contribution < 1.29 is 4.74 Å². The van der Waals surface area contributed by atoms with Gasteiger partial charge in [-0.15, -0.1) is 0 Å². The molecule has 2 aliphatic rings. The SMILES string of the molecule is CNCC1(CN2CCC(C)C(C)C2)CCOCC1. The first-order valence-corrected chi connectivity index (χ1v) is 7.60. The Morgan fingerprint density at radius 3 is 2.56 bits per heavy atom. The van der Waals surface area contributed by atoms with E-state index in [0.717, 1.165) is 31.6 Å². The Morgan fingerprint density at radius 2 is 1.94 bits per heavy atom. The highest BCUT2D eigenvalue weighted by Crippen LogP contribution is 2.33. The molecule has 0 bridgehead atoms. The van der Waals surface area contributed by atoms with Crippen LogP contribution >= 0.6 is 0 Å². The molecule has 2 aliphatic heterocycles. The molecule has 1 N–H and O–H groups in total. The monoisotopic (exact) mass is 254 g/mol. The lowest BCUT2D eigenvalue weighted by Gasteiger charge is -2.44. The van der Waals surface area contributed by atoms with Gasteiger partial charge in [0.05, 0.1) is 0 Å². The second kappa shape index (κ2) is 6.36. The van der Waals surface area contributed by atoms with Crippen LogP contribution in [0.1, 0.15) is 33.1 Å². The lowest BCUT2D eigenvalue weighted by atomic mass is 9.78. The fraction of sp³-hybridized carbons (Fsp3) is 1.00. The first kappa shape index (κ1) is 14.3. The van der Waals surface area contributed by atoms with Crippen molar-refractivity contribution in [3.63, 3.8) is 0 Å². The van der Waals surface area contributed by atoms with E-state index in [0.29, 0.717) is 5.41 Å². The quantitative estimate of drug-likeness (QED) is 0.830. The summed E-state index contributed by atoms with van der Waals surface area (Å²) in [6.07, 6.45) is 3.80. The Labute approximate surface area is 112 Å². The summed E-state index contributed by atoms with van der Waals surface area (Å²) in [6.45, 7) is 11.7. The first-order chi connectivity index (χ1) is 8.65. The highest BCUT2D eigenvalue weighted by molar-refractivity contribution is 4.88. The minimum absolute atomic E-state index is 0.452. The molecule has 2 rings (SSSR count). The number of hydrogen-bond acceptors (Lipinski definition) is 3. The zero-order valence-corrected chi connectivity index (χ0v) is 12.4. The molecule has 2 atom stereocenters. The Balaban J connectivity index is 1.92. The van der Waals surface area contributed by atoms with Gasteiger partial charge in [0, 0.05) is 32.8 Å². The number of nitrogens with one attached hydrogen (secondary N) is 1. The van der Waals surface area contributed by atoms with Crippen LogP contribution in [0, 0.1) is 17.3 Å². The molecule has 0 aromatic rings. The van der Waals surface area contributed by atoms with Crippen LogP contribution in [0.15, 0.2) is 0 Å². The van der Waals surface area contributed by atoms with Gasteiger partial charge in [-0.25, -0.2) is 0 Å². The minimum Gasteiger partial charge on any atom is -0.381 e. The van der Waals surface area contributed by atoms with Crippen LogP contribution in [0.25, 0.3) is 0 Å². The van der Waals surface area contributed by atoms with Crippen molar-refractivity contribution in [2.24, 2.45) is 17.3 Å². The van der Waals surface area contributed by atoms with Crippen molar-refractivity contribution in [1.29, 1.82) is 0 Å². The largest absolute Gasteiger partial charge is 0.381 e. The van der Waals surface area contributed by atoms with E-state index >= 15 is 0 Å². The Hall–Kier alpha value is -0.120. The molecule has 0 radical (unpaired) electrons. The van der Waals surface area contributed by atoms with Gasteiger partial charge in [-0.3, -0.25) is 0 Å². The standard InChI is InChI=1S/C15H30N2O/c1-13-4-7-17(10-14(13)2)12-15(11-16-3)5-8-18-9-6-15/h13-14,16H,4-12H2,1-3H3. The normalized spacial score (nSPS) is 33.5. The fourth-order valence-corrected chi connectivity index (χ4v) is 3.54. The molecular weight excluding hydrogens is 224 g/mol. The van der Waals surface area contributed by atoms with Crippen LogP contribution in [0.3, 0.4) is 0 Å². The third-order valence-electron chi connectivity index (χ3n) is 5.08. The van der Waals surface area contributed by atoms with Crippen LogP contribution < -0.4 is 5.32 Å². The van der Waals surface area contributed by atoms with Crippen LogP contribution in [0.2, 0.25) is 0 Å². The molecule has 2 saturated heterocycles. The van der Waals surface area contributed by atoms with Gasteiger partial charge in [-0.05, 0) is 50.1 Å². The van der Waals surface area contributed by atoms with Crippen molar-refractivity contribution in [2.45, 2.75) is 33.1 Å². The molecule has 3 nitrogen and oxygen atoms in total. The van der Waals surface area contributed by atoms with Gasteiger partial charge in [0.1, 0.15) is 0 Å².